The predicted octanol–water partition coefficient (Wildman–Crippen LogP) is 2.84. The molecular formula is C11H13NO. The van der Waals surface area contributed by atoms with E-state index >= 15 is 0 Å². The Labute approximate surface area is 78.8 Å². The lowest BCUT2D eigenvalue weighted by Crippen LogP contribution is -1.37. The zero-order valence-electron chi connectivity index (χ0n) is 7.43. The second kappa shape index (κ2) is 10.2. The van der Waals surface area contributed by atoms with Crippen LogP contribution in [0.4, 0.5) is 0 Å². The average Bonchev–Trinajstić information content (AvgIpc) is 2.85. The van der Waals surface area contributed by atoms with Gasteiger partial charge in [-0.2, -0.15) is 5.26 Å². The summed E-state index contributed by atoms with van der Waals surface area (Å²) in [7, 11) is 0. The van der Waals surface area contributed by atoms with Gasteiger partial charge >= 0.3 is 0 Å². The first-order valence-electron chi connectivity index (χ1n) is 4.08. The number of hydrogen-bond acceptors (Lipinski definition) is 2. The summed E-state index contributed by atoms with van der Waals surface area (Å²) >= 11 is 0. The van der Waals surface area contributed by atoms with Crippen LogP contribution in [-0.2, 0) is 0 Å². The smallest absolute Gasteiger partial charge is 0.283 e. The Balaban J connectivity index is 0.000000174. The second-order valence-corrected chi connectivity index (χ2v) is 2.28. The fraction of sp³-hybridized carbons (Fsp3) is 0.182. The molecule has 0 unspecified atom stereocenters. The molecule has 2 heteroatoms. The first-order chi connectivity index (χ1) is 6.41. The largest absolute Gasteiger partial charge is 0.443 e. The SMILES string of the molecule is C1=CCC=C1.C1=CCC=C1.N#CO. The quantitative estimate of drug-likeness (QED) is 0.575. The molecule has 0 aromatic heterocycles. The Hall–Kier alpha value is -1.75. The molecule has 2 rings (SSSR count). The summed E-state index contributed by atoms with van der Waals surface area (Å²) in [5, 5.41) is 13.8. The number of hydrogen-bond donors (Lipinski definition) is 1. The predicted molar refractivity (Wildman–Crippen MR) is 53.3 cm³/mol. The minimum Gasteiger partial charge on any atom is -0.443 e. The van der Waals surface area contributed by atoms with Crippen molar-refractivity contribution in [3.63, 3.8) is 0 Å². The van der Waals surface area contributed by atoms with E-state index in [9.17, 15) is 0 Å². The average molecular weight is 175 g/mol. The highest BCUT2D eigenvalue weighted by atomic mass is 16.2. The summed E-state index contributed by atoms with van der Waals surface area (Å²) in [6.07, 6.45) is 19.8. The lowest BCUT2D eigenvalue weighted by molar-refractivity contribution is 0.503. The van der Waals surface area contributed by atoms with Gasteiger partial charge in [0.25, 0.3) is 6.26 Å². The molecule has 0 atom stereocenters. The van der Waals surface area contributed by atoms with E-state index in [-0.39, 0.29) is 0 Å². The minimum absolute atomic E-state index is 0.750. The third-order valence-electron chi connectivity index (χ3n) is 1.31. The van der Waals surface area contributed by atoms with E-state index in [1.165, 1.54) is 0 Å². The van der Waals surface area contributed by atoms with Crippen LogP contribution in [0.5, 0.6) is 0 Å². The summed E-state index contributed by atoms with van der Waals surface area (Å²) < 4.78 is 0. The van der Waals surface area contributed by atoms with E-state index in [4.69, 9.17) is 10.4 Å². The van der Waals surface area contributed by atoms with Gasteiger partial charge in [0.05, 0.1) is 0 Å². The minimum atomic E-state index is 0.750. The maximum atomic E-state index is 6.88. The molecule has 0 spiro atoms. The van der Waals surface area contributed by atoms with E-state index in [0.717, 1.165) is 19.1 Å². The van der Waals surface area contributed by atoms with Gasteiger partial charge in [0.15, 0.2) is 0 Å². The Bertz CT molecular complexity index is 212. The lowest BCUT2D eigenvalue weighted by Gasteiger charge is -1.57. The first kappa shape index (κ1) is 11.2. The first-order valence-corrected chi connectivity index (χ1v) is 4.08. The summed E-state index contributed by atoms with van der Waals surface area (Å²) in [4.78, 5) is 0. The summed E-state index contributed by atoms with van der Waals surface area (Å²) in [5.74, 6) is 0. The molecule has 2 aliphatic rings. The molecule has 0 saturated carbocycles. The van der Waals surface area contributed by atoms with E-state index in [1.807, 2.05) is 0 Å². The van der Waals surface area contributed by atoms with E-state index < -0.39 is 0 Å². The summed E-state index contributed by atoms with van der Waals surface area (Å²) in [5.41, 5.74) is 0. The van der Waals surface area contributed by atoms with Crippen molar-refractivity contribution in [2.24, 2.45) is 0 Å². The molecular weight excluding hydrogens is 162 g/mol. The standard InChI is InChI=1S/2C5H6.CHNO/c2*1-2-4-5-3-1;2-1-3/h2*1-4H,5H2;3H. The number of allylic oxidation sites excluding steroid dienone is 8. The molecule has 0 fully saturated rings. The highest BCUT2D eigenvalue weighted by Crippen LogP contribution is 1.93. The third kappa shape index (κ3) is 10.2. The molecule has 0 radical (unpaired) electrons. The lowest BCUT2D eigenvalue weighted by atomic mass is 10.5. The van der Waals surface area contributed by atoms with Gasteiger partial charge in [-0.3, -0.25) is 0 Å². The van der Waals surface area contributed by atoms with Gasteiger partial charge in [-0.1, -0.05) is 48.6 Å². The molecule has 0 aliphatic heterocycles. The van der Waals surface area contributed by atoms with Gasteiger partial charge in [0.2, 0.25) is 0 Å². The van der Waals surface area contributed by atoms with Crippen molar-refractivity contribution in [2.75, 3.05) is 0 Å². The van der Waals surface area contributed by atoms with Crippen LogP contribution >= 0.6 is 0 Å². The molecule has 0 heterocycles. The number of nitrogens with zero attached hydrogens (tertiary/aromatic N) is 1. The molecule has 2 aliphatic carbocycles. The summed E-state index contributed by atoms with van der Waals surface area (Å²) in [6.45, 7) is 0. The Morgan fingerprint density at radius 1 is 0.846 bits per heavy atom. The maximum absolute atomic E-state index is 6.88. The van der Waals surface area contributed by atoms with Crippen LogP contribution in [0.1, 0.15) is 12.8 Å². The van der Waals surface area contributed by atoms with E-state index in [2.05, 4.69) is 48.6 Å². The van der Waals surface area contributed by atoms with Gasteiger partial charge in [-0.25, -0.2) is 0 Å². The molecule has 13 heavy (non-hydrogen) atoms. The van der Waals surface area contributed by atoms with Gasteiger partial charge in [0, 0.05) is 0 Å². The molecule has 0 amide bonds. The van der Waals surface area contributed by atoms with Crippen LogP contribution < -0.4 is 0 Å². The van der Waals surface area contributed by atoms with Crippen molar-refractivity contribution in [2.45, 2.75) is 12.8 Å². The van der Waals surface area contributed by atoms with E-state index in [1.54, 1.807) is 0 Å². The normalized spacial score (nSPS) is 14.1. The molecule has 0 saturated heterocycles. The van der Waals surface area contributed by atoms with Crippen LogP contribution in [0.15, 0.2) is 48.6 Å². The third-order valence-corrected chi connectivity index (χ3v) is 1.31. The van der Waals surface area contributed by atoms with Gasteiger partial charge < -0.3 is 5.11 Å². The van der Waals surface area contributed by atoms with Crippen LogP contribution in [-0.4, -0.2) is 5.11 Å². The summed E-state index contributed by atoms with van der Waals surface area (Å²) in [6, 6.07) is 0. The molecule has 1 N–H and O–H groups in total. The Morgan fingerprint density at radius 2 is 1.08 bits per heavy atom. The van der Waals surface area contributed by atoms with Crippen molar-refractivity contribution in [1.82, 2.24) is 0 Å². The van der Waals surface area contributed by atoms with Crippen LogP contribution in [0.3, 0.4) is 0 Å². The van der Waals surface area contributed by atoms with Crippen LogP contribution in [0, 0.1) is 11.5 Å². The maximum Gasteiger partial charge on any atom is 0.283 e. The zero-order chi connectivity index (χ0) is 9.78. The molecule has 0 aromatic carbocycles. The van der Waals surface area contributed by atoms with Gasteiger partial charge in [-0.05, 0) is 12.8 Å². The van der Waals surface area contributed by atoms with Crippen molar-refractivity contribution in [1.29, 1.82) is 5.26 Å². The molecule has 2 nitrogen and oxygen atoms in total. The fourth-order valence-electron chi connectivity index (χ4n) is 0.786. The number of aliphatic hydroxyl groups is 1. The monoisotopic (exact) mass is 175 g/mol. The van der Waals surface area contributed by atoms with Crippen LogP contribution in [0.2, 0.25) is 0 Å². The number of aliphatic hydroxyl groups excluding tert-OH is 1. The van der Waals surface area contributed by atoms with Crippen molar-refractivity contribution in [3.8, 4) is 6.26 Å². The molecule has 68 valence electrons. The zero-order valence-corrected chi connectivity index (χ0v) is 7.43. The van der Waals surface area contributed by atoms with Crippen molar-refractivity contribution < 1.29 is 5.11 Å². The van der Waals surface area contributed by atoms with Crippen molar-refractivity contribution in [3.05, 3.63) is 48.6 Å². The van der Waals surface area contributed by atoms with E-state index in [0.29, 0.717) is 0 Å². The number of nitriles is 1. The second-order valence-electron chi connectivity index (χ2n) is 2.28. The number of rotatable bonds is 0. The van der Waals surface area contributed by atoms with Gasteiger partial charge in [0.1, 0.15) is 0 Å². The van der Waals surface area contributed by atoms with Crippen LogP contribution in [0.25, 0.3) is 0 Å². The molecule has 0 aromatic rings. The van der Waals surface area contributed by atoms with Crippen molar-refractivity contribution >= 4 is 0 Å². The highest BCUT2D eigenvalue weighted by molar-refractivity contribution is 5.12. The molecule has 0 bridgehead atoms. The highest BCUT2D eigenvalue weighted by Gasteiger charge is 1.72. The topological polar surface area (TPSA) is 44.0 Å². The Morgan fingerprint density at radius 3 is 1.15 bits per heavy atom. The fourth-order valence-corrected chi connectivity index (χ4v) is 0.786. The van der Waals surface area contributed by atoms with Gasteiger partial charge in [-0.15, -0.1) is 0 Å². The Kier molecular flexibility index (Phi) is 8.87.